The SMILES string of the molecule is CCCCCC(=O)OC(COCC)COc1c2ccccc2c(OCC(COCC)OC(=O)CCCCC)c2cc(CC)ccc12. The molecule has 254 valence electrons. The summed E-state index contributed by atoms with van der Waals surface area (Å²) in [5, 5.41) is 3.53. The molecule has 0 radical (unpaired) electrons. The number of aryl methyl sites for hydroxylation is 1. The van der Waals surface area contributed by atoms with Gasteiger partial charge >= 0.3 is 11.9 Å². The quantitative estimate of drug-likeness (QED) is 0.0582. The van der Waals surface area contributed by atoms with Crippen LogP contribution in [-0.4, -0.2) is 63.8 Å². The van der Waals surface area contributed by atoms with Gasteiger partial charge in [-0.3, -0.25) is 9.59 Å². The molecule has 0 fully saturated rings. The van der Waals surface area contributed by atoms with Crippen LogP contribution in [0.15, 0.2) is 42.5 Å². The highest BCUT2D eigenvalue weighted by Crippen LogP contribution is 2.43. The molecule has 0 saturated carbocycles. The molecular weight excluding hydrogens is 584 g/mol. The van der Waals surface area contributed by atoms with E-state index < -0.39 is 12.2 Å². The second-order valence-corrected chi connectivity index (χ2v) is 11.5. The summed E-state index contributed by atoms with van der Waals surface area (Å²) in [4.78, 5) is 25.2. The smallest absolute Gasteiger partial charge is 0.306 e. The third-order valence-electron chi connectivity index (χ3n) is 7.81. The number of fused-ring (bicyclic) bond motifs is 2. The molecule has 0 N–H and O–H groups in total. The minimum atomic E-state index is -0.542. The average Bonchev–Trinajstić information content (AvgIpc) is 3.07. The van der Waals surface area contributed by atoms with E-state index in [2.05, 4.69) is 39.0 Å². The number of benzene rings is 3. The van der Waals surface area contributed by atoms with Crippen LogP contribution in [-0.2, 0) is 35.0 Å². The van der Waals surface area contributed by atoms with Crippen LogP contribution < -0.4 is 9.47 Å². The molecule has 0 bridgehead atoms. The van der Waals surface area contributed by atoms with E-state index in [0.717, 1.165) is 72.1 Å². The molecule has 0 spiro atoms. The summed E-state index contributed by atoms with van der Waals surface area (Å²) in [6.45, 7) is 12.0. The van der Waals surface area contributed by atoms with Crippen molar-refractivity contribution in [3.63, 3.8) is 0 Å². The molecule has 3 aromatic rings. The van der Waals surface area contributed by atoms with Gasteiger partial charge in [0.05, 0.1) is 13.2 Å². The topological polar surface area (TPSA) is 89.5 Å². The number of hydrogen-bond acceptors (Lipinski definition) is 8. The fourth-order valence-corrected chi connectivity index (χ4v) is 5.29. The first-order valence-electron chi connectivity index (χ1n) is 17.2. The van der Waals surface area contributed by atoms with Crippen LogP contribution >= 0.6 is 0 Å². The fourth-order valence-electron chi connectivity index (χ4n) is 5.29. The Morgan fingerprint density at radius 3 is 1.52 bits per heavy atom. The van der Waals surface area contributed by atoms with Crippen molar-refractivity contribution in [2.24, 2.45) is 0 Å². The molecule has 0 aliphatic carbocycles. The van der Waals surface area contributed by atoms with Gasteiger partial charge < -0.3 is 28.4 Å². The molecule has 0 amide bonds. The first kappa shape index (κ1) is 37.1. The van der Waals surface area contributed by atoms with Crippen LogP contribution in [0.25, 0.3) is 21.5 Å². The number of unbranched alkanes of at least 4 members (excludes halogenated alkanes) is 4. The van der Waals surface area contributed by atoms with E-state index in [4.69, 9.17) is 28.4 Å². The Labute approximate surface area is 275 Å². The molecule has 3 aromatic carbocycles. The largest absolute Gasteiger partial charge is 0.488 e. The summed E-state index contributed by atoms with van der Waals surface area (Å²) in [6.07, 6.45) is 6.19. The zero-order valence-electron chi connectivity index (χ0n) is 28.6. The summed E-state index contributed by atoms with van der Waals surface area (Å²) in [7, 11) is 0. The lowest BCUT2D eigenvalue weighted by Crippen LogP contribution is -2.30. The number of hydrogen-bond donors (Lipinski definition) is 0. The van der Waals surface area contributed by atoms with Crippen molar-refractivity contribution in [1.82, 2.24) is 0 Å². The summed E-state index contributed by atoms with van der Waals surface area (Å²) >= 11 is 0. The van der Waals surface area contributed by atoms with Crippen molar-refractivity contribution in [2.75, 3.05) is 39.6 Å². The van der Waals surface area contributed by atoms with Crippen LogP contribution in [0.5, 0.6) is 11.5 Å². The Kier molecular flexibility index (Phi) is 16.7. The number of rotatable bonds is 23. The molecule has 0 aromatic heterocycles. The Morgan fingerprint density at radius 2 is 1.07 bits per heavy atom. The van der Waals surface area contributed by atoms with Crippen molar-refractivity contribution in [2.45, 2.75) is 105 Å². The average molecular weight is 639 g/mol. The molecule has 2 unspecified atom stereocenters. The third-order valence-corrected chi connectivity index (χ3v) is 7.81. The normalized spacial score (nSPS) is 12.6. The van der Waals surface area contributed by atoms with E-state index in [-0.39, 0.29) is 38.4 Å². The van der Waals surface area contributed by atoms with E-state index in [9.17, 15) is 9.59 Å². The van der Waals surface area contributed by atoms with E-state index in [1.807, 2.05) is 38.1 Å². The van der Waals surface area contributed by atoms with Crippen LogP contribution in [0.1, 0.15) is 91.5 Å². The molecule has 0 aliphatic heterocycles. The monoisotopic (exact) mass is 638 g/mol. The molecule has 2 atom stereocenters. The zero-order valence-corrected chi connectivity index (χ0v) is 28.6. The van der Waals surface area contributed by atoms with Gasteiger partial charge in [-0.25, -0.2) is 0 Å². The lowest BCUT2D eigenvalue weighted by atomic mass is 9.98. The molecule has 0 heterocycles. The molecule has 46 heavy (non-hydrogen) atoms. The highest BCUT2D eigenvalue weighted by atomic mass is 16.6. The molecular formula is C38H54O8. The van der Waals surface area contributed by atoms with Crippen LogP contribution in [0.4, 0.5) is 0 Å². The molecule has 8 heteroatoms. The number of carbonyl (C=O) groups excluding carboxylic acids is 2. The van der Waals surface area contributed by atoms with E-state index in [1.165, 1.54) is 0 Å². The number of carbonyl (C=O) groups is 2. The Bertz CT molecular complexity index is 1350. The maximum atomic E-state index is 12.6. The van der Waals surface area contributed by atoms with Gasteiger partial charge in [-0.05, 0) is 44.7 Å². The first-order valence-corrected chi connectivity index (χ1v) is 17.2. The Balaban J connectivity index is 1.94. The Hall–Kier alpha value is -3.36. The zero-order chi connectivity index (χ0) is 33.1. The second-order valence-electron chi connectivity index (χ2n) is 11.5. The lowest BCUT2D eigenvalue weighted by Gasteiger charge is -2.23. The maximum Gasteiger partial charge on any atom is 0.306 e. The van der Waals surface area contributed by atoms with E-state index in [1.54, 1.807) is 0 Å². The fraction of sp³-hybridized carbons (Fsp3) is 0.579. The van der Waals surface area contributed by atoms with Crippen LogP contribution in [0.3, 0.4) is 0 Å². The molecule has 3 rings (SSSR count). The molecule has 0 aliphatic rings. The number of esters is 2. The van der Waals surface area contributed by atoms with Gasteiger partial charge in [-0.2, -0.15) is 0 Å². The van der Waals surface area contributed by atoms with Crippen molar-refractivity contribution in [3.05, 3.63) is 48.0 Å². The van der Waals surface area contributed by atoms with Gasteiger partial charge in [-0.15, -0.1) is 0 Å². The van der Waals surface area contributed by atoms with Crippen molar-refractivity contribution < 1.29 is 38.0 Å². The minimum Gasteiger partial charge on any atom is -0.488 e. The lowest BCUT2D eigenvalue weighted by molar-refractivity contribution is -0.155. The molecule has 0 saturated heterocycles. The third kappa shape index (κ3) is 11.5. The standard InChI is InChI=1S/C38H54O8/c1-6-11-13-19-35(39)45-29(24-41-9-4)26-43-37-31-17-15-16-18-32(31)38(34-23-28(8-3)21-22-33(34)37)44-27-30(25-42-10-5)46-36(40)20-14-12-7-2/h15-18,21-23,29-30H,6-14,19-20,24-27H2,1-5H3. The second kappa shape index (κ2) is 20.7. The van der Waals surface area contributed by atoms with Gasteiger partial charge in [0.15, 0.2) is 12.2 Å². The summed E-state index contributed by atoms with van der Waals surface area (Å²) in [5.74, 6) is 0.920. The van der Waals surface area contributed by atoms with Gasteiger partial charge in [0.1, 0.15) is 24.7 Å². The Morgan fingerprint density at radius 1 is 0.587 bits per heavy atom. The van der Waals surface area contributed by atoms with Crippen molar-refractivity contribution in [1.29, 1.82) is 0 Å². The first-order chi connectivity index (χ1) is 22.4. The van der Waals surface area contributed by atoms with E-state index >= 15 is 0 Å². The highest BCUT2D eigenvalue weighted by molar-refractivity contribution is 6.11. The van der Waals surface area contributed by atoms with Gasteiger partial charge in [0.25, 0.3) is 0 Å². The van der Waals surface area contributed by atoms with Crippen molar-refractivity contribution >= 4 is 33.5 Å². The van der Waals surface area contributed by atoms with Crippen molar-refractivity contribution in [3.8, 4) is 11.5 Å². The van der Waals surface area contributed by atoms with Gasteiger partial charge in [0, 0.05) is 47.6 Å². The summed E-state index contributed by atoms with van der Waals surface area (Å²) in [6, 6.07) is 14.2. The van der Waals surface area contributed by atoms with Crippen LogP contribution in [0, 0.1) is 0 Å². The summed E-state index contributed by atoms with van der Waals surface area (Å²) in [5.41, 5.74) is 1.15. The van der Waals surface area contributed by atoms with Gasteiger partial charge in [0.2, 0.25) is 0 Å². The minimum absolute atomic E-state index is 0.152. The predicted octanol–water partition coefficient (Wildman–Crippen LogP) is 8.37. The maximum absolute atomic E-state index is 12.6. The van der Waals surface area contributed by atoms with E-state index in [0.29, 0.717) is 37.6 Å². The highest BCUT2D eigenvalue weighted by Gasteiger charge is 2.22. The molecule has 8 nitrogen and oxygen atoms in total. The predicted molar refractivity (Wildman–Crippen MR) is 183 cm³/mol. The van der Waals surface area contributed by atoms with Gasteiger partial charge in [-0.1, -0.05) is 82.9 Å². The summed E-state index contributed by atoms with van der Waals surface area (Å²) < 4.78 is 36.0. The van der Waals surface area contributed by atoms with Crippen LogP contribution in [0.2, 0.25) is 0 Å². The number of ether oxygens (including phenoxy) is 6.